The van der Waals surface area contributed by atoms with Crippen molar-refractivity contribution in [2.45, 2.75) is 0 Å². The van der Waals surface area contributed by atoms with E-state index >= 15 is 0 Å². The first-order chi connectivity index (χ1) is 20.3. The molecule has 8 aromatic rings. The summed E-state index contributed by atoms with van der Waals surface area (Å²) in [5, 5.41) is 4.68. The van der Waals surface area contributed by atoms with Crippen molar-refractivity contribution >= 4 is 32.6 Å². The van der Waals surface area contributed by atoms with Crippen molar-refractivity contribution in [1.29, 1.82) is 0 Å². The summed E-state index contributed by atoms with van der Waals surface area (Å²) in [4.78, 5) is 9.64. The molecule has 192 valence electrons. The van der Waals surface area contributed by atoms with Gasteiger partial charge in [-0.15, -0.1) is 0 Å². The molecule has 6 aromatic carbocycles. The Morgan fingerprint density at radius 1 is 0.488 bits per heavy atom. The Hall–Kier alpha value is -5.54. The molecule has 0 saturated heterocycles. The van der Waals surface area contributed by atoms with Crippen LogP contribution in [-0.4, -0.2) is 9.97 Å². The second-order valence-corrected chi connectivity index (χ2v) is 10.2. The van der Waals surface area contributed by atoms with Crippen LogP contribution in [0.5, 0.6) is 0 Å². The van der Waals surface area contributed by atoms with E-state index in [2.05, 4.69) is 126 Å². The van der Waals surface area contributed by atoms with Crippen LogP contribution in [0.4, 0.5) is 0 Å². The van der Waals surface area contributed by atoms with Gasteiger partial charge in [-0.05, 0) is 51.0 Å². The normalized spacial score (nSPS) is 11.4. The molecule has 2 aromatic heterocycles. The number of nitrogens with zero attached hydrogens (tertiary/aromatic N) is 2. The minimum Gasteiger partial charge on any atom is -0.443 e. The van der Waals surface area contributed by atoms with E-state index in [0.29, 0.717) is 0 Å². The predicted octanol–water partition coefficient (Wildman–Crippen LogP) is 10.2. The largest absolute Gasteiger partial charge is 0.443 e. The fourth-order valence-electron chi connectivity index (χ4n) is 5.90. The van der Waals surface area contributed by atoms with Crippen LogP contribution < -0.4 is 0 Å². The van der Waals surface area contributed by atoms with Gasteiger partial charge >= 0.3 is 0 Å². The quantitative estimate of drug-likeness (QED) is 0.230. The zero-order valence-corrected chi connectivity index (χ0v) is 22.2. The van der Waals surface area contributed by atoms with E-state index in [-0.39, 0.29) is 0 Å². The lowest BCUT2D eigenvalue weighted by Gasteiger charge is -2.16. The van der Waals surface area contributed by atoms with Crippen molar-refractivity contribution in [2.75, 3.05) is 0 Å². The van der Waals surface area contributed by atoms with Gasteiger partial charge in [0.2, 0.25) is 0 Å². The lowest BCUT2D eigenvalue weighted by atomic mass is 9.88. The number of oxazole rings is 1. The maximum absolute atomic E-state index is 5.88. The number of fused-ring (bicyclic) bond motifs is 3. The van der Waals surface area contributed by atoms with Gasteiger partial charge in [-0.2, -0.15) is 0 Å². The Kier molecular flexibility index (Phi) is 5.46. The van der Waals surface area contributed by atoms with Crippen LogP contribution in [0.3, 0.4) is 0 Å². The average Bonchev–Trinajstić information content (AvgIpc) is 3.54. The number of aromatic nitrogens is 2. The number of rotatable bonds is 4. The summed E-state index contributed by atoms with van der Waals surface area (Å²) in [6, 6.07) is 48.9. The number of pyridine rings is 1. The third-order valence-electron chi connectivity index (χ3n) is 7.81. The predicted molar refractivity (Wildman–Crippen MR) is 169 cm³/mol. The van der Waals surface area contributed by atoms with Crippen molar-refractivity contribution < 1.29 is 4.42 Å². The van der Waals surface area contributed by atoms with Gasteiger partial charge in [-0.1, -0.05) is 121 Å². The van der Waals surface area contributed by atoms with Gasteiger partial charge < -0.3 is 4.42 Å². The molecular weight excluding hydrogens is 500 g/mol. The molecule has 0 spiro atoms. The molecule has 3 nitrogen and oxygen atoms in total. The summed E-state index contributed by atoms with van der Waals surface area (Å²) in [6.45, 7) is 0. The van der Waals surface area contributed by atoms with Crippen LogP contribution >= 0.6 is 0 Å². The van der Waals surface area contributed by atoms with Crippen LogP contribution in [-0.2, 0) is 0 Å². The number of para-hydroxylation sites is 1. The lowest BCUT2D eigenvalue weighted by molar-refractivity contribution is 0.603. The number of hydrogen-bond acceptors (Lipinski definition) is 3. The van der Waals surface area contributed by atoms with Crippen molar-refractivity contribution in [3.05, 3.63) is 146 Å². The SMILES string of the molecule is c1ccc(-c2cc3ccccc3c(-c3cccc(-c4c(-c5cccc6ncoc56)ccc5ccccc45)c3)n2)cc1. The van der Waals surface area contributed by atoms with Crippen LogP contribution in [0, 0.1) is 0 Å². The van der Waals surface area contributed by atoms with Crippen molar-refractivity contribution in [3.63, 3.8) is 0 Å². The van der Waals surface area contributed by atoms with Gasteiger partial charge in [-0.3, -0.25) is 0 Å². The van der Waals surface area contributed by atoms with Gasteiger partial charge in [0.1, 0.15) is 5.52 Å². The molecule has 0 aliphatic carbocycles. The first kappa shape index (κ1) is 23.4. The minimum atomic E-state index is 0.795. The highest BCUT2D eigenvalue weighted by Gasteiger charge is 2.17. The zero-order valence-electron chi connectivity index (χ0n) is 22.2. The Morgan fingerprint density at radius 3 is 2.12 bits per heavy atom. The molecule has 0 fully saturated rings. The average molecular weight is 525 g/mol. The molecule has 0 unspecified atom stereocenters. The van der Waals surface area contributed by atoms with Gasteiger partial charge in [-0.25, -0.2) is 9.97 Å². The molecule has 8 rings (SSSR count). The summed E-state index contributed by atoms with van der Waals surface area (Å²) >= 11 is 0. The van der Waals surface area contributed by atoms with E-state index in [9.17, 15) is 0 Å². The molecule has 3 heteroatoms. The molecular formula is C38H24N2O. The molecule has 41 heavy (non-hydrogen) atoms. The fraction of sp³-hybridized carbons (Fsp3) is 0. The second-order valence-electron chi connectivity index (χ2n) is 10.2. The molecule has 0 amide bonds. The van der Waals surface area contributed by atoms with Gasteiger partial charge in [0.05, 0.1) is 11.4 Å². The molecule has 0 N–H and O–H groups in total. The van der Waals surface area contributed by atoms with Crippen LogP contribution in [0.2, 0.25) is 0 Å². The Balaban J connectivity index is 1.39. The summed E-state index contributed by atoms with van der Waals surface area (Å²) in [7, 11) is 0. The van der Waals surface area contributed by atoms with E-state index in [0.717, 1.165) is 61.3 Å². The summed E-state index contributed by atoms with van der Waals surface area (Å²) in [5.74, 6) is 0. The third kappa shape index (κ3) is 3.98. The molecule has 0 saturated carbocycles. The Bertz CT molecular complexity index is 2210. The number of benzene rings is 6. The first-order valence-electron chi connectivity index (χ1n) is 13.7. The molecule has 0 atom stereocenters. The highest BCUT2D eigenvalue weighted by molar-refractivity contribution is 6.08. The molecule has 0 aliphatic heterocycles. The van der Waals surface area contributed by atoms with Crippen LogP contribution in [0.1, 0.15) is 0 Å². The molecule has 2 heterocycles. The van der Waals surface area contributed by atoms with Crippen molar-refractivity contribution in [1.82, 2.24) is 9.97 Å². The van der Waals surface area contributed by atoms with E-state index in [4.69, 9.17) is 9.40 Å². The second kappa shape index (κ2) is 9.58. The van der Waals surface area contributed by atoms with Crippen LogP contribution in [0.25, 0.3) is 77.4 Å². The Morgan fingerprint density at radius 2 is 1.22 bits per heavy atom. The van der Waals surface area contributed by atoms with Gasteiger partial charge in [0.25, 0.3) is 0 Å². The highest BCUT2D eigenvalue weighted by atomic mass is 16.3. The maximum atomic E-state index is 5.88. The zero-order chi connectivity index (χ0) is 27.2. The molecule has 0 radical (unpaired) electrons. The van der Waals surface area contributed by atoms with Crippen molar-refractivity contribution in [3.8, 4) is 44.8 Å². The summed E-state index contributed by atoms with van der Waals surface area (Å²) in [6.07, 6.45) is 1.52. The first-order valence-corrected chi connectivity index (χ1v) is 13.7. The molecule has 0 aliphatic rings. The van der Waals surface area contributed by atoms with E-state index < -0.39 is 0 Å². The Labute approximate surface area is 237 Å². The highest BCUT2D eigenvalue weighted by Crippen LogP contribution is 2.42. The maximum Gasteiger partial charge on any atom is 0.182 e. The van der Waals surface area contributed by atoms with Crippen molar-refractivity contribution in [2.24, 2.45) is 0 Å². The van der Waals surface area contributed by atoms with E-state index in [1.807, 2.05) is 18.2 Å². The smallest absolute Gasteiger partial charge is 0.182 e. The summed E-state index contributed by atoms with van der Waals surface area (Å²) in [5.41, 5.74) is 10.2. The van der Waals surface area contributed by atoms with Gasteiger partial charge in [0.15, 0.2) is 12.0 Å². The molecule has 0 bridgehead atoms. The minimum absolute atomic E-state index is 0.795. The van der Waals surface area contributed by atoms with Gasteiger partial charge in [0, 0.05) is 22.1 Å². The topological polar surface area (TPSA) is 38.9 Å². The lowest BCUT2D eigenvalue weighted by Crippen LogP contribution is -1.93. The standard InChI is InChI=1S/C38H24N2O/c1-2-11-26(12-3-1)35-23-27-13-5-7-17-31(27)37(40-35)29-15-8-14-28(22-29)36-30-16-6-4-10-25(30)20-21-32(36)33-18-9-19-34-38(33)41-24-39-34/h1-24H. The number of hydrogen-bond donors (Lipinski definition) is 0. The fourth-order valence-corrected chi connectivity index (χ4v) is 5.90. The third-order valence-corrected chi connectivity index (χ3v) is 7.81. The monoisotopic (exact) mass is 524 g/mol. The summed E-state index contributed by atoms with van der Waals surface area (Å²) < 4.78 is 5.88. The van der Waals surface area contributed by atoms with E-state index in [1.54, 1.807) is 0 Å². The van der Waals surface area contributed by atoms with Crippen LogP contribution in [0.15, 0.2) is 150 Å². The van der Waals surface area contributed by atoms with E-state index in [1.165, 1.54) is 22.6 Å².